The minimum Gasteiger partial charge on any atom is -0.466 e. The molecule has 0 bridgehead atoms. The lowest BCUT2D eigenvalue weighted by molar-refractivity contribution is -0.134. The first-order chi connectivity index (χ1) is 6.76. The zero-order valence-corrected chi connectivity index (χ0v) is 8.49. The summed E-state index contributed by atoms with van der Waals surface area (Å²) < 4.78 is 4.49. The number of methoxy groups -OCH3 is 1. The summed E-state index contributed by atoms with van der Waals surface area (Å²) in [6.07, 6.45) is 3.16. The van der Waals surface area contributed by atoms with Crippen LogP contribution in [0.15, 0.2) is 30.3 Å². The van der Waals surface area contributed by atoms with Crippen LogP contribution in [0.2, 0.25) is 0 Å². The maximum Gasteiger partial charge on any atom is 0.330 e. The molecule has 70 valence electrons. The Morgan fingerprint density at radius 2 is 2.07 bits per heavy atom. The van der Waals surface area contributed by atoms with Crippen LogP contribution in [0.1, 0.15) is 5.56 Å². The average Bonchev–Trinajstić information content (AvgIpc) is 2.26. The Morgan fingerprint density at radius 3 is 2.57 bits per heavy atom. The molecule has 0 unspecified atom stereocenters. The molecular weight excluding hydrogens is 174 g/mol. The summed E-state index contributed by atoms with van der Waals surface area (Å²) in [5, 5.41) is 0. The molecule has 0 aliphatic carbocycles. The van der Waals surface area contributed by atoms with Crippen molar-refractivity contribution in [1.29, 1.82) is 0 Å². The van der Waals surface area contributed by atoms with Crippen molar-refractivity contribution in [2.24, 2.45) is 0 Å². The molecule has 0 amide bonds. The predicted octanol–water partition coefficient (Wildman–Crippen LogP) is -0.517. The van der Waals surface area contributed by atoms with E-state index >= 15 is 0 Å². The highest BCUT2D eigenvalue weighted by molar-refractivity contribution is 6.97. The van der Waals surface area contributed by atoms with E-state index in [4.69, 9.17) is 0 Å². The minimum absolute atomic E-state index is 0.329. The molecule has 0 aromatic heterocycles. The van der Waals surface area contributed by atoms with Gasteiger partial charge in [-0.15, -0.1) is 0 Å². The normalized spacial score (nSPS) is 10.1. The third-order valence-electron chi connectivity index (χ3n) is 2.00. The summed E-state index contributed by atoms with van der Waals surface area (Å²) in [6, 6.07) is 8.07. The Bertz CT molecular complexity index is 330. The van der Waals surface area contributed by atoms with E-state index in [1.807, 2.05) is 12.1 Å². The second-order valence-electron chi connectivity index (χ2n) is 2.95. The molecule has 1 rings (SSSR count). The van der Waals surface area contributed by atoms with Crippen molar-refractivity contribution < 1.29 is 9.53 Å². The van der Waals surface area contributed by atoms with E-state index in [9.17, 15) is 4.79 Å². The molecule has 4 heteroatoms. The van der Waals surface area contributed by atoms with Crippen LogP contribution in [0.4, 0.5) is 0 Å². The lowest BCUT2D eigenvalue weighted by Crippen LogP contribution is -2.12. The van der Waals surface area contributed by atoms with Gasteiger partial charge in [0.15, 0.2) is 0 Å². The van der Waals surface area contributed by atoms with E-state index in [-0.39, 0.29) is 5.97 Å². The number of carbonyl (C=O) groups excluding carboxylic acids is 1. The maximum absolute atomic E-state index is 10.8. The molecule has 2 nitrogen and oxygen atoms in total. The van der Waals surface area contributed by atoms with Gasteiger partial charge in [-0.25, -0.2) is 4.79 Å². The van der Waals surface area contributed by atoms with Crippen molar-refractivity contribution in [3.05, 3.63) is 35.9 Å². The van der Waals surface area contributed by atoms with E-state index in [0.29, 0.717) is 0 Å². The van der Waals surface area contributed by atoms with Crippen molar-refractivity contribution in [2.75, 3.05) is 7.11 Å². The summed E-state index contributed by atoms with van der Waals surface area (Å²) in [7, 11) is 4.51. The van der Waals surface area contributed by atoms with E-state index in [1.165, 1.54) is 18.6 Å². The van der Waals surface area contributed by atoms with E-state index in [0.717, 1.165) is 12.7 Å². The molecule has 1 aromatic carbocycles. The molecule has 0 saturated carbocycles. The van der Waals surface area contributed by atoms with Gasteiger partial charge in [0.25, 0.3) is 0 Å². The second kappa shape index (κ2) is 5.32. The van der Waals surface area contributed by atoms with Gasteiger partial charge >= 0.3 is 5.97 Å². The predicted molar refractivity (Wildman–Crippen MR) is 62.8 cm³/mol. The topological polar surface area (TPSA) is 26.3 Å². The van der Waals surface area contributed by atoms with Crippen molar-refractivity contribution in [3.63, 3.8) is 0 Å². The van der Waals surface area contributed by atoms with Gasteiger partial charge in [0.05, 0.1) is 14.8 Å². The summed E-state index contributed by atoms with van der Waals surface area (Å²) >= 11 is 0. The minimum atomic E-state index is -0.329. The van der Waals surface area contributed by atoms with Crippen LogP contribution in [-0.4, -0.2) is 28.0 Å². The fourth-order valence-corrected chi connectivity index (χ4v) is 1.10. The molecule has 0 saturated heterocycles. The monoisotopic (exact) mass is 186 g/mol. The third kappa shape index (κ3) is 3.13. The van der Waals surface area contributed by atoms with Gasteiger partial charge in [-0.3, -0.25) is 0 Å². The Morgan fingerprint density at radius 1 is 1.43 bits per heavy atom. The van der Waals surface area contributed by atoms with Crippen LogP contribution < -0.4 is 5.46 Å². The SMILES string of the molecule is BBc1ccc(/C=C/C(=O)OC)cc1. The first-order valence-electron chi connectivity index (χ1n) is 4.61. The molecule has 1 aromatic rings. The molecule has 0 radical (unpaired) electrons. The fourth-order valence-electron chi connectivity index (χ4n) is 1.10. The van der Waals surface area contributed by atoms with Gasteiger partial charge in [-0.05, 0) is 11.6 Å². The first kappa shape index (κ1) is 10.6. The molecule has 0 N–H and O–H groups in total. The third-order valence-corrected chi connectivity index (χ3v) is 2.00. The van der Waals surface area contributed by atoms with Crippen molar-refractivity contribution >= 4 is 32.4 Å². The summed E-state index contributed by atoms with van der Waals surface area (Å²) in [5.74, 6) is -0.329. The Hall–Kier alpha value is -1.44. The molecule has 0 aliphatic heterocycles. The van der Waals surface area contributed by atoms with Crippen LogP contribution in [0.3, 0.4) is 0 Å². The molecule has 0 heterocycles. The number of esters is 1. The summed E-state index contributed by atoms with van der Waals surface area (Å²) in [6.45, 7) is 0. The Balaban J connectivity index is 2.68. The molecule has 0 aliphatic rings. The quantitative estimate of drug-likeness (QED) is 0.360. The highest BCUT2D eigenvalue weighted by atomic mass is 16.5. The largest absolute Gasteiger partial charge is 0.466 e. The molecule has 14 heavy (non-hydrogen) atoms. The van der Waals surface area contributed by atoms with Gasteiger partial charge in [0.1, 0.15) is 7.17 Å². The summed E-state index contributed by atoms with van der Waals surface area (Å²) in [5.41, 5.74) is 2.30. The van der Waals surface area contributed by atoms with Gasteiger partial charge in [-0.1, -0.05) is 29.7 Å². The van der Waals surface area contributed by atoms with Crippen LogP contribution >= 0.6 is 0 Å². The van der Waals surface area contributed by atoms with Crippen LogP contribution in [0.5, 0.6) is 0 Å². The number of benzene rings is 1. The lowest BCUT2D eigenvalue weighted by Gasteiger charge is -1.96. The first-order valence-corrected chi connectivity index (χ1v) is 4.61. The molecular formula is C10H12B2O2. The zero-order chi connectivity index (χ0) is 10.4. The van der Waals surface area contributed by atoms with Crippen molar-refractivity contribution in [1.82, 2.24) is 0 Å². The fraction of sp³-hybridized carbons (Fsp3) is 0.100. The Kier molecular flexibility index (Phi) is 4.05. The number of hydrogen-bond acceptors (Lipinski definition) is 2. The highest BCUT2D eigenvalue weighted by Crippen LogP contribution is 1.99. The van der Waals surface area contributed by atoms with Gasteiger partial charge in [-0.2, -0.15) is 0 Å². The van der Waals surface area contributed by atoms with Gasteiger partial charge in [0.2, 0.25) is 0 Å². The number of hydrogen-bond donors (Lipinski definition) is 0. The van der Waals surface area contributed by atoms with Crippen LogP contribution in [0, 0.1) is 0 Å². The second-order valence-corrected chi connectivity index (χ2v) is 2.95. The maximum atomic E-state index is 10.8. The zero-order valence-electron chi connectivity index (χ0n) is 8.49. The highest BCUT2D eigenvalue weighted by Gasteiger charge is 1.92. The van der Waals surface area contributed by atoms with Crippen molar-refractivity contribution in [3.8, 4) is 0 Å². The number of ether oxygens (including phenoxy) is 1. The lowest BCUT2D eigenvalue weighted by atomic mass is 9.51. The van der Waals surface area contributed by atoms with Crippen molar-refractivity contribution in [2.45, 2.75) is 0 Å². The van der Waals surface area contributed by atoms with Crippen LogP contribution in [0.25, 0.3) is 6.08 Å². The summed E-state index contributed by atoms with van der Waals surface area (Å²) in [4.78, 5) is 10.8. The van der Waals surface area contributed by atoms with Gasteiger partial charge < -0.3 is 4.74 Å². The molecule has 0 fully saturated rings. The molecule has 0 atom stereocenters. The van der Waals surface area contributed by atoms with E-state index in [1.54, 1.807) is 6.08 Å². The van der Waals surface area contributed by atoms with E-state index in [2.05, 4.69) is 24.6 Å². The van der Waals surface area contributed by atoms with Gasteiger partial charge in [0, 0.05) is 6.08 Å². The number of carbonyl (C=O) groups is 1. The van der Waals surface area contributed by atoms with Crippen LogP contribution in [-0.2, 0) is 9.53 Å². The smallest absolute Gasteiger partial charge is 0.330 e. The molecule has 0 spiro atoms. The number of rotatable bonds is 3. The Labute approximate surface area is 85.6 Å². The van der Waals surface area contributed by atoms with E-state index < -0.39 is 0 Å². The standard InChI is InChI=1S/C10H12B2O2/c1-14-10(13)7-4-8-2-5-9(12-11)6-3-8/h2-7,12H,11H2,1H3/b7-4+. The average molecular weight is 186 g/mol.